The smallest absolute Gasteiger partial charge is 0.365 e. The molecule has 0 radical (unpaired) electrons. The van der Waals surface area contributed by atoms with Gasteiger partial charge in [-0.05, 0) is 36.1 Å². The highest BCUT2D eigenvalue weighted by Crippen LogP contribution is 2.28. The van der Waals surface area contributed by atoms with Gasteiger partial charge in [0, 0.05) is 6.04 Å². The van der Waals surface area contributed by atoms with E-state index in [1.807, 2.05) is 12.1 Å². The van der Waals surface area contributed by atoms with E-state index in [1.54, 1.807) is 0 Å². The van der Waals surface area contributed by atoms with Crippen LogP contribution < -0.4 is 5.32 Å². The first-order valence-electron chi connectivity index (χ1n) is 6.26. The maximum absolute atomic E-state index is 12.4. The molecule has 0 saturated carbocycles. The molecular weight excluding hydrogens is 267 g/mol. The first kappa shape index (κ1) is 12.9. The summed E-state index contributed by atoms with van der Waals surface area (Å²) in [5.41, 5.74) is 1.56. The van der Waals surface area contributed by atoms with Crippen molar-refractivity contribution in [2.75, 3.05) is 5.32 Å². The summed E-state index contributed by atoms with van der Waals surface area (Å²) in [5, 5.41) is 9.92. The first-order chi connectivity index (χ1) is 9.52. The van der Waals surface area contributed by atoms with Crippen LogP contribution in [-0.4, -0.2) is 16.2 Å². The van der Waals surface area contributed by atoms with Crippen LogP contribution in [0.5, 0.6) is 0 Å². The Bertz CT molecular complexity index is 583. The average Bonchev–Trinajstić information content (AvgIpc) is 2.80. The van der Waals surface area contributed by atoms with E-state index >= 15 is 0 Å². The van der Waals surface area contributed by atoms with Crippen molar-refractivity contribution < 1.29 is 13.2 Å². The van der Waals surface area contributed by atoms with E-state index in [-0.39, 0.29) is 6.04 Å². The molecule has 104 valence electrons. The maximum Gasteiger partial charge on any atom is 0.435 e. The summed E-state index contributed by atoms with van der Waals surface area (Å²) in [6, 6.07) is 10.5. The molecule has 3 nitrogen and oxygen atoms in total. The van der Waals surface area contributed by atoms with Crippen molar-refractivity contribution >= 4 is 5.82 Å². The zero-order valence-electron chi connectivity index (χ0n) is 10.5. The van der Waals surface area contributed by atoms with Crippen LogP contribution >= 0.6 is 0 Å². The molecule has 1 aromatic carbocycles. The molecule has 0 atom stereocenters. The van der Waals surface area contributed by atoms with E-state index in [0.29, 0.717) is 5.82 Å². The van der Waals surface area contributed by atoms with Crippen LogP contribution in [0.25, 0.3) is 0 Å². The van der Waals surface area contributed by atoms with Crippen molar-refractivity contribution in [2.24, 2.45) is 0 Å². The third-order valence-electron chi connectivity index (χ3n) is 3.36. The van der Waals surface area contributed by atoms with Crippen LogP contribution in [0.15, 0.2) is 36.4 Å². The Labute approximate surface area is 113 Å². The van der Waals surface area contributed by atoms with E-state index in [2.05, 4.69) is 27.6 Å². The van der Waals surface area contributed by atoms with E-state index < -0.39 is 11.9 Å². The Morgan fingerprint density at radius 1 is 0.950 bits per heavy atom. The third kappa shape index (κ3) is 2.59. The number of alkyl halides is 3. The van der Waals surface area contributed by atoms with Crippen molar-refractivity contribution in [3.8, 4) is 0 Å². The Kier molecular flexibility index (Phi) is 3.08. The molecule has 3 rings (SSSR count). The topological polar surface area (TPSA) is 37.8 Å². The summed E-state index contributed by atoms with van der Waals surface area (Å²) in [6.45, 7) is 0. The zero-order chi connectivity index (χ0) is 14.2. The van der Waals surface area contributed by atoms with Crippen molar-refractivity contribution in [3.63, 3.8) is 0 Å². The fourth-order valence-electron chi connectivity index (χ4n) is 2.43. The number of aromatic nitrogens is 2. The second kappa shape index (κ2) is 4.77. The minimum atomic E-state index is -4.45. The molecule has 0 aliphatic heterocycles. The molecule has 20 heavy (non-hydrogen) atoms. The van der Waals surface area contributed by atoms with Gasteiger partial charge in [-0.2, -0.15) is 13.2 Å². The van der Waals surface area contributed by atoms with Gasteiger partial charge in [0.05, 0.1) is 0 Å². The third-order valence-corrected chi connectivity index (χ3v) is 3.36. The molecule has 0 spiro atoms. The Morgan fingerprint density at radius 3 is 2.10 bits per heavy atom. The lowest BCUT2D eigenvalue weighted by Crippen LogP contribution is -2.21. The minimum absolute atomic E-state index is 0.151. The van der Waals surface area contributed by atoms with Gasteiger partial charge >= 0.3 is 6.18 Å². The molecular formula is C14H12F3N3. The van der Waals surface area contributed by atoms with Crippen LogP contribution in [0.2, 0.25) is 0 Å². The second-order valence-electron chi connectivity index (χ2n) is 4.82. The summed E-state index contributed by atoms with van der Waals surface area (Å²) in [5.74, 6) is 0.371. The largest absolute Gasteiger partial charge is 0.435 e. The number of nitrogens with zero attached hydrogens (tertiary/aromatic N) is 2. The van der Waals surface area contributed by atoms with E-state index in [0.717, 1.165) is 18.9 Å². The van der Waals surface area contributed by atoms with Crippen molar-refractivity contribution in [2.45, 2.75) is 25.1 Å². The summed E-state index contributed by atoms with van der Waals surface area (Å²) < 4.78 is 37.1. The first-order valence-corrected chi connectivity index (χ1v) is 6.26. The van der Waals surface area contributed by atoms with E-state index in [1.165, 1.54) is 17.2 Å². The molecule has 1 aromatic heterocycles. The highest BCUT2D eigenvalue weighted by molar-refractivity contribution is 5.41. The summed E-state index contributed by atoms with van der Waals surface area (Å²) in [4.78, 5) is 0. The standard InChI is InChI=1S/C14H12F3N3/c15-14(16,17)12-5-6-13(20-19-12)18-11-7-9-3-1-2-4-10(9)8-11/h1-6,11H,7-8H2,(H,18,20). The lowest BCUT2D eigenvalue weighted by atomic mass is 10.1. The summed E-state index contributed by atoms with van der Waals surface area (Å²) >= 11 is 0. The molecule has 0 amide bonds. The fraction of sp³-hybridized carbons (Fsp3) is 0.286. The molecule has 1 heterocycles. The number of fused-ring (bicyclic) bond motifs is 1. The lowest BCUT2D eigenvalue weighted by Gasteiger charge is -2.12. The summed E-state index contributed by atoms with van der Waals surface area (Å²) in [7, 11) is 0. The predicted molar refractivity (Wildman–Crippen MR) is 68.3 cm³/mol. The normalized spacial score (nSPS) is 15.2. The van der Waals surface area contributed by atoms with E-state index in [4.69, 9.17) is 0 Å². The Morgan fingerprint density at radius 2 is 1.60 bits per heavy atom. The van der Waals surface area contributed by atoms with Crippen molar-refractivity contribution in [1.82, 2.24) is 10.2 Å². The number of hydrogen-bond donors (Lipinski definition) is 1. The predicted octanol–water partition coefficient (Wildman–Crippen LogP) is 3.07. The van der Waals surface area contributed by atoms with Crippen LogP contribution in [-0.2, 0) is 19.0 Å². The van der Waals surface area contributed by atoms with Crippen LogP contribution in [0.4, 0.5) is 19.0 Å². The maximum atomic E-state index is 12.4. The van der Waals surface area contributed by atoms with Gasteiger partial charge in [-0.15, -0.1) is 10.2 Å². The zero-order valence-corrected chi connectivity index (χ0v) is 10.5. The SMILES string of the molecule is FC(F)(F)c1ccc(NC2Cc3ccccc3C2)nn1. The van der Waals surface area contributed by atoms with Gasteiger partial charge in [0.2, 0.25) is 0 Å². The number of rotatable bonds is 2. The minimum Gasteiger partial charge on any atom is -0.365 e. The van der Waals surface area contributed by atoms with Gasteiger partial charge in [-0.25, -0.2) is 0 Å². The average molecular weight is 279 g/mol. The van der Waals surface area contributed by atoms with Crippen LogP contribution in [0.3, 0.4) is 0 Å². The van der Waals surface area contributed by atoms with Crippen molar-refractivity contribution in [3.05, 3.63) is 53.2 Å². The number of benzene rings is 1. The van der Waals surface area contributed by atoms with Gasteiger partial charge in [-0.3, -0.25) is 0 Å². The molecule has 0 unspecified atom stereocenters. The molecule has 1 aliphatic carbocycles. The van der Waals surface area contributed by atoms with Crippen LogP contribution in [0, 0.1) is 0 Å². The molecule has 0 saturated heterocycles. The summed E-state index contributed by atoms with van der Waals surface area (Å²) in [6.07, 6.45) is -2.76. The number of anilines is 1. The number of nitrogens with one attached hydrogen (secondary N) is 1. The lowest BCUT2D eigenvalue weighted by molar-refractivity contribution is -0.141. The molecule has 0 bridgehead atoms. The van der Waals surface area contributed by atoms with Crippen molar-refractivity contribution in [1.29, 1.82) is 0 Å². The quantitative estimate of drug-likeness (QED) is 0.918. The van der Waals surface area contributed by atoms with Gasteiger partial charge in [-0.1, -0.05) is 24.3 Å². The second-order valence-corrected chi connectivity index (χ2v) is 4.82. The van der Waals surface area contributed by atoms with Gasteiger partial charge in [0.15, 0.2) is 5.69 Å². The Hall–Kier alpha value is -2.11. The van der Waals surface area contributed by atoms with E-state index in [9.17, 15) is 13.2 Å². The molecule has 0 fully saturated rings. The Balaban J connectivity index is 1.68. The number of halogens is 3. The molecule has 2 aromatic rings. The number of hydrogen-bond acceptors (Lipinski definition) is 3. The van der Waals surface area contributed by atoms with Gasteiger partial charge in [0.25, 0.3) is 0 Å². The van der Waals surface area contributed by atoms with Gasteiger partial charge in [0.1, 0.15) is 5.82 Å². The molecule has 1 N–H and O–H groups in total. The molecule has 1 aliphatic rings. The van der Waals surface area contributed by atoms with Gasteiger partial charge < -0.3 is 5.32 Å². The molecule has 6 heteroatoms. The highest BCUT2D eigenvalue weighted by Gasteiger charge is 2.33. The van der Waals surface area contributed by atoms with Crippen LogP contribution in [0.1, 0.15) is 16.8 Å². The highest BCUT2D eigenvalue weighted by atomic mass is 19.4. The fourth-order valence-corrected chi connectivity index (χ4v) is 2.43. The monoisotopic (exact) mass is 279 g/mol.